The van der Waals surface area contributed by atoms with Crippen LogP contribution in [-0.2, 0) is 4.79 Å². The first-order chi connectivity index (χ1) is 13.6. The minimum atomic E-state index is -0.109. The highest BCUT2D eigenvalue weighted by atomic mass is 16.7. The summed E-state index contributed by atoms with van der Waals surface area (Å²) in [5.41, 5.74) is 4.06. The third-order valence-corrected chi connectivity index (χ3v) is 5.35. The predicted octanol–water partition coefficient (Wildman–Crippen LogP) is 3.60. The molecule has 0 spiro atoms. The number of anilines is 1. The lowest BCUT2D eigenvalue weighted by molar-refractivity contribution is -0.117. The molecule has 2 aliphatic heterocycles. The number of carbonyl (C=O) groups is 1. The van der Waals surface area contributed by atoms with Gasteiger partial charge in [0.1, 0.15) is 0 Å². The van der Waals surface area contributed by atoms with Crippen molar-refractivity contribution in [1.29, 1.82) is 0 Å². The highest BCUT2D eigenvalue weighted by Gasteiger charge is 2.35. The number of amides is 1. The number of benzene rings is 2. The van der Waals surface area contributed by atoms with Gasteiger partial charge in [-0.15, -0.1) is 0 Å². The van der Waals surface area contributed by atoms with Gasteiger partial charge in [0, 0.05) is 36.2 Å². The van der Waals surface area contributed by atoms with Crippen LogP contribution in [0.3, 0.4) is 0 Å². The van der Waals surface area contributed by atoms with E-state index in [1.54, 1.807) is 4.90 Å². The Balaban J connectivity index is 1.37. The maximum atomic E-state index is 12.6. The van der Waals surface area contributed by atoms with E-state index in [9.17, 15) is 4.79 Å². The second-order valence-corrected chi connectivity index (χ2v) is 7.20. The van der Waals surface area contributed by atoms with Crippen LogP contribution in [-0.4, -0.2) is 29.4 Å². The number of aromatic nitrogens is 2. The largest absolute Gasteiger partial charge is 0.454 e. The second kappa shape index (κ2) is 6.37. The predicted molar refractivity (Wildman–Crippen MR) is 101 cm³/mol. The molecule has 3 aromatic rings. The molecular formula is C21H19N3O4. The van der Waals surface area contributed by atoms with Crippen molar-refractivity contribution in [3.8, 4) is 23.0 Å². The normalized spacial score (nSPS) is 18.1. The molecule has 28 heavy (non-hydrogen) atoms. The molecule has 5 rings (SSSR count). The van der Waals surface area contributed by atoms with E-state index in [1.807, 2.05) is 36.4 Å². The Labute approximate surface area is 161 Å². The lowest BCUT2D eigenvalue weighted by Gasteiger charge is -2.16. The van der Waals surface area contributed by atoms with Crippen molar-refractivity contribution in [1.82, 2.24) is 10.1 Å². The van der Waals surface area contributed by atoms with E-state index in [2.05, 4.69) is 24.0 Å². The van der Waals surface area contributed by atoms with E-state index in [1.165, 1.54) is 11.1 Å². The standard InChI is InChI=1S/C21H19N3O4/c1-12-3-4-14(7-13(12)2)21-22-20(23-28-21)15-8-19(25)24(10-15)16-5-6-17-18(9-16)27-11-26-17/h3-7,9,15H,8,10-11H2,1-2H3. The summed E-state index contributed by atoms with van der Waals surface area (Å²) in [6.07, 6.45) is 0.348. The molecule has 1 atom stereocenters. The Hall–Kier alpha value is -3.35. The second-order valence-electron chi connectivity index (χ2n) is 7.20. The third kappa shape index (κ3) is 2.79. The Morgan fingerprint density at radius 2 is 1.89 bits per heavy atom. The Bertz CT molecular complexity index is 1080. The summed E-state index contributed by atoms with van der Waals surface area (Å²) in [5, 5.41) is 4.14. The van der Waals surface area contributed by atoms with Crippen LogP contribution in [0.5, 0.6) is 11.5 Å². The molecule has 0 saturated carbocycles. The molecule has 142 valence electrons. The molecule has 2 aliphatic rings. The molecule has 3 heterocycles. The number of rotatable bonds is 3. The van der Waals surface area contributed by atoms with Gasteiger partial charge in [-0.05, 0) is 49.2 Å². The fourth-order valence-corrected chi connectivity index (χ4v) is 3.58. The average Bonchev–Trinajstić information content (AvgIpc) is 3.42. The average molecular weight is 377 g/mol. The molecule has 7 heteroatoms. The van der Waals surface area contributed by atoms with Crippen LogP contribution < -0.4 is 14.4 Å². The van der Waals surface area contributed by atoms with Gasteiger partial charge < -0.3 is 18.9 Å². The summed E-state index contributed by atoms with van der Waals surface area (Å²) in [4.78, 5) is 18.9. The summed E-state index contributed by atoms with van der Waals surface area (Å²) in [7, 11) is 0. The Morgan fingerprint density at radius 3 is 2.75 bits per heavy atom. The first kappa shape index (κ1) is 16.8. The Kier molecular flexibility index (Phi) is 3.82. The lowest BCUT2D eigenvalue weighted by Crippen LogP contribution is -2.24. The zero-order chi connectivity index (χ0) is 19.3. The molecule has 1 amide bonds. The summed E-state index contributed by atoms with van der Waals surface area (Å²) < 4.78 is 16.2. The molecule has 0 bridgehead atoms. The van der Waals surface area contributed by atoms with Crippen molar-refractivity contribution < 1.29 is 18.8 Å². The van der Waals surface area contributed by atoms with Crippen molar-refractivity contribution in [2.45, 2.75) is 26.2 Å². The maximum Gasteiger partial charge on any atom is 0.257 e. The molecule has 1 unspecified atom stereocenters. The highest BCUT2D eigenvalue weighted by molar-refractivity contribution is 5.96. The zero-order valence-electron chi connectivity index (χ0n) is 15.6. The van der Waals surface area contributed by atoms with E-state index >= 15 is 0 Å². The zero-order valence-corrected chi connectivity index (χ0v) is 15.6. The first-order valence-corrected chi connectivity index (χ1v) is 9.20. The summed E-state index contributed by atoms with van der Waals surface area (Å²) in [6, 6.07) is 11.6. The van der Waals surface area contributed by atoms with Gasteiger partial charge in [-0.2, -0.15) is 4.98 Å². The molecule has 1 aromatic heterocycles. The van der Waals surface area contributed by atoms with Crippen molar-refractivity contribution in [2.75, 3.05) is 18.2 Å². The van der Waals surface area contributed by atoms with E-state index in [-0.39, 0.29) is 18.6 Å². The van der Waals surface area contributed by atoms with E-state index in [0.29, 0.717) is 36.2 Å². The summed E-state index contributed by atoms with van der Waals surface area (Å²) >= 11 is 0. The van der Waals surface area contributed by atoms with Crippen LogP contribution in [0, 0.1) is 13.8 Å². The smallest absolute Gasteiger partial charge is 0.257 e. The quantitative estimate of drug-likeness (QED) is 0.694. The van der Waals surface area contributed by atoms with Gasteiger partial charge in [0.25, 0.3) is 5.89 Å². The minimum absolute atomic E-state index is 0.0291. The van der Waals surface area contributed by atoms with Crippen LogP contribution in [0.1, 0.15) is 29.3 Å². The number of hydrogen-bond acceptors (Lipinski definition) is 6. The number of nitrogens with zero attached hydrogens (tertiary/aromatic N) is 3. The van der Waals surface area contributed by atoms with Gasteiger partial charge in [0.15, 0.2) is 17.3 Å². The number of ether oxygens (including phenoxy) is 2. The summed E-state index contributed by atoms with van der Waals surface area (Å²) in [5.74, 6) is 2.31. The van der Waals surface area contributed by atoms with Crippen molar-refractivity contribution in [2.24, 2.45) is 0 Å². The number of carbonyl (C=O) groups excluding carboxylic acids is 1. The lowest BCUT2D eigenvalue weighted by atomic mass is 10.1. The van der Waals surface area contributed by atoms with Crippen LogP contribution in [0.2, 0.25) is 0 Å². The van der Waals surface area contributed by atoms with Crippen LogP contribution in [0.15, 0.2) is 40.9 Å². The fourth-order valence-electron chi connectivity index (χ4n) is 3.58. The number of hydrogen-bond donors (Lipinski definition) is 0. The SMILES string of the molecule is Cc1ccc(-c2nc(C3CC(=O)N(c4ccc5c(c4)OCO5)C3)no2)cc1C. The molecule has 1 fully saturated rings. The van der Waals surface area contributed by atoms with E-state index in [4.69, 9.17) is 14.0 Å². The number of aryl methyl sites for hydroxylation is 2. The topological polar surface area (TPSA) is 77.7 Å². The maximum absolute atomic E-state index is 12.6. The van der Waals surface area contributed by atoms with E-state index < -0.39 is 0 Å². The molecule has 2 aromatic carbocycles. The molecule has 0 aliphatic carbocycles. The minimum Gasteiger partial charge on any atom is -0.454 e. The highest BCUT2D eigenvalue weighted by Crippen LogP contribution is 2.38. The van der Waals surface area contributed by atoms with E-state index in [0.717, 1.165) is 11.3 Å². The molecular weight excluding hydrogens is 358 g/mol. The van der Waals surface area contributed by atoms with Gasteiger partial charge in [0.05, 0.1) is 0 Å². The van der Waals surface area contributed by atoms with Crippen molar-refractivity contribution in [3.05, 3.63) is 53.3 Å². The van der Waals surface area contributed by atoms with Gasteiger partial charge in [-0.25, -0.2) is 0 Å². The molecule has 7 nitrogen and oxygen atoms in total. The molecule has 0 N–H and O–H groups in total. The third-order valence-electron chi connectivity index (χ3n) is 5.35. The van der Waals surface area contributed by atoms with Crippen LogP contribution in [0.25, 0.3) is 11.5 Å². The number of fused-ring (bicyclic) bond motifs is 1. The van der Waals surface area contributed by atoms with Gasteiger partial charge in [-0.3, -0.25) is 4.79 Å². The fraction of sp³-hybridized carbons (Fsp3) is 0.286. The molecule has 1 saturated heterocycles. The van der Waals surface area contributed by atoms with Crippen molar-refractivity contribution in [3.63, 3.8) is 0 Å². The summed E-state index contributed by atoms with van der Waals surface area (Å²) in [6.45, 7) is 4.83. The van der Waals surface area contributed by atoms with Crippen LogP contribution >= 0.6 is 0 Å². The van der Waals surface area contributed by atoms with Crippen LogP contribution in [0.4, 0.5) is 5.69 Å². The monoisotopic (exact) mass is 377 g/mol. The van der Waals surface area contributed by atoms with Crippen molar-refractivity contribution >= 4 is 11.6 Å². The van der Waals surface area contributed by atoms with Gasteiger partial charge in [0.2, 0.25) is 12.7 Å². The van der Waals surface area contributed by atoms with Gasteiger partial charge in [-0.1, -0.05) is 11.2 Å². The van der Waals surface area contributed by atoms with Gasteiger partial charge >= 0.3 is 0 Å². The Morgan fingerprint density at radius 1 is 1.04 bits per heavy atom. The molecule has 0 radical (unpaired) electrons. The first-order valence-electron chi connectivity index (χ1n) is 9.20.